The molecule has 1 rings (SSSR count). The molecule has 0 spiro atoms. The van der Waals surface area contributed by atoms with Crippen LogP contribution in [0.1, 0.15) is 20.8 Å². The Labute approximate surface area is 94.7 Å². The van der Waals surface area contributed by atoms with Crippen molar-refractivity contribution in [2.24, 2.45) is 0 Å². The lowest BCUT2D eigenvalue weighted by molar-refractivity contribution is -0.120. The van der Waals surface area contributed by atoms with E-state index in [1.165, 1.54) is 12.4 Å². The first kappa shape index (κ1) is 12.2. The van der Waals surface area contributed by atoms with Crippen LogP contribution in [0.2, 0.25) is 0 Å². The molecule has 4 N–H and O–H groups in total. The molecule has 1 aromatic rings. The van der Waals surface area contributed by atoms with Gasteiger partial charge in [0.2, 0.25) is 11.9 Å². The van der Waals surface area contributed by atoms with Crippen molar-refractivity contribution in [1.82, 2.24) is 15.3 Å². The van der Waals surface area contributed by atoms with E-state index < -0.39 is 0 Å². The van der Waals surface area contributed by atoms with Crippen molar-refractivity contribution < 1.29 is 4.79 Å². The van der Waals surface area contributed by atoms with Crippen LogP contribution in [0, 0.1) is 0 Å². The number of nitrogens with one attached hydrogen (secondary N) is 2. The summed E-state index contributed by atoms with van der Waals surface area (Å²) in [6, 6.07) is 0. The van der Waals surface area contributed by atoms with Crippen LogP contribution >= 0.6 is 0 Å². The number of carbonyl (C=O) groups is 1. The van der Waals surface area contributed by atoms with E-state index in [1.807, 2.05) is 20.8 Å². The van der Waals surface area contributed by atoms with Gasteiger partial charge in [-0.25, -0.2) is 9.97 Å². The summed E-state index contributed by atoms with van der Waals surface area (Å²) in [4.78, 5) is 19.3. The molecule has 0 aliphatic carbocycles. The van der Waals surface area contributed by atoms with E-state index in [0.717, 1.165) is 0 Å². The van der Waals surface area contributed by atoms with Gasteiger partial charge in [0.05, 0.1) is 24.6 Å². The molecule has 1 heterocycles. The normalized spacial score (nSPS) is 10.9. The molecular weight excluding hydrogens is 206 g/mol. The third-order valence-corrected chi connectivity index (χ3v) is 1.59. The van der Waals surface area contributed by atoms with Crippen LogP contribution in [0.25, 0.3) is 0 Å². The number of nitrogens with two attached hydrogens (primary N) is 1. The SMILES string of the molecule is CC(C)(C)NC(=O)CNc1ncc(N)cn1. The fourth-order valence-electron chi connectivity index (χ4n) is 1.05. The smallest absolute Gasteiger partial charge is 0.239 e. The number of hydrogen-bond donors (Lipinski definition) is 3. The summed E-state index contributed by atoms with van der Waals surface area (Å²) in [6.45, 7) is 5.90. The lowest BCUT2D eigenvalue weighted by Crippen LogP contribution is -2.43. The molecule has 0 aliphatic heterocycles. The summed E-state index contributed by atoms with van der Waals surface area (Å²) < 4.78 is 0. The van der Waals surface area contributed by atoms with Crippen molar-refractivity contribution >= 4 is 17.5 Å². The van der Waals surface area contributed by atoms with Crippen molar-refractivity contribution in [3.05, 3.63) is 12.4 Å². The molecule has 0 fully saturated rings. The van der Waals surface area contributed by atoms with Crippen molar-refractivity contribution in [2.75, 3.05) is 17.6 Å². The van der Waals surface area contributed by atoms with Crippen molar-refractivity contribution in [3.63, 3.8) is 0 Å². The van der Waals surface area contributed by atoms with Crippen LogP contribution in [0.4, 0.5) is 11.6 Å². The second kappa shape index (κ2) is 4.78. The molecule has 1 amide bonds. The third-order valence-electron chi connectivity index (χ3n) is 1.59. The maximum Gasteiger partial charge on any atom is 0.239 e. The molecule has 0 bridgehead atoms. The van der Waals surface area contributed by atoms with E-state index in [0.29, 0.717) is 11.6 Å². The number of amides is 1. The van der Waals surface area contributed by atoms with Gasteiger partial charge in [-0.2, -0.15) is 0 Å². The molecular formula is C10H17N5O. The van der Waals surface area contributed by atoms with Gasteiger partial charge in [-0.1, -0.05) is 0 Å². The minimum atomic E-state index is -0.235. The summed E-state index contributed by atoms with van der Waals surface area (Å²) in [6.07, 6.45) is 2.97. The number of nitrogen functional groups attached to an aromatic ring is 1. The van der Waals surface area contributed by atoms with E-state index >= 15 is 0 Å². The fraction of sp³-hybridized carbons (Fsp3) is 0.500. The lowest BCUT2D eigenvalue weighted by atomic mass is 10.1. The van der Waals surface area contributed by atoms with E-state index in [1.54, 1.807) is 0 Å². The van der Waals surface area contributed by atoms with E-state index in [9.17, 15) is 4.79 Å². The van der Waals surface area contributed by atoms with Crippen LogP contribution in [0.3, 0.4) is 0 Å². The predicted octanol–water partition coefficient (Wildman–Crippen LogP) is 0.385. The summed E-state index contributed by atoms with van der Waals surface area (Å²) in [5.74, 6) is 0.284. The molecule has 0 saturated carbocycles. The van der Waals surface area contributed by atoms with Crippen LogP contribution in [-0.2, 0) is 4.79 Å². The van der Waals surface area contributed by atoms with Gasteiger partial charge in [0, 0.05) is 5.54 Å². The number of rotatable bonds is 3. The van der Waals surface area contributed by atoms with Crippen LogP contribution in [0.15, 0.2) is 12.4 Å². The van der Waals surface area contributed by atoms with Gasteiger partial charge in [0.1, 0.15) is 0 Å². The quantitative estimate of drug-likeness (QED) is 0.689. The molecule has 0 unspecified atom stereocenters. The van der Waals surface area contributed by atoms with Gasteiger partial charge in [0.25, 0.3) is 0 Å². The Morgan fingerprint density at radius 3 is 2.44 bits per heavy atom. The Kier molecular flexibility index (Phi) is 3.65. The molecule has 6 heteroatoms. The predicted molar refractivity (Wildman–Crippen MR) is 62.8 cm³/mol. The summed E-state index contributed by atoms with van der Waals surface area (Å²) in [5, 5.41) is 5.62. The summed E-state index contributed by atoms with van der Waals surface area (Å²) in [5.41, 5.74) is 5.69. The molecule has 0 radical (unpaired) electrons. The number of hydrogen-bond acceptors (Lipinski definition) is 5. The van der Waals surface area contributed by atoms with Crippen molar-refractivity contribution in [2.45, 2.75) is 26.3 Å². The number of nitrogens with zero attached hydrogens (tertiary/aromatic N) is 2. The third kappa shape index (κ3) is 4.59. The molecule has 0 aromatic carbocycles. The maximum absolute atomic E-state index is 11.4. The van der Waals surface area contributed by atoms with Gasteiger partial charge in [-0.3, -0.25) is 4.79 Å². The number of aromatic nitrogens is 2. The number of anilines is 2. The minimum Gasteiger partial charge on any atom is -0.396 e. The highest BCUT2D eigenvalue weighted by atomic mass is 16.2. The van der Waals surface area contributed by atoms with Gasteiger partial charge < -0.3 is 16.4 Å². The first-order valence-electron chi connectivity index (χ1n) is 4.99. The zero-order valence-electron chi connectivity index (χ0n) is 9.74. The molecule has 16 heavy (non-hydrogen) atoms. The second-order valence-corrected chi connectivity index (χ2v) is 4.49. The van der Waals surface area contributed by atoms with Gasteiger partial charge in [-0.05, 0) is 20.8 Å². The molecule has 1 aromatic heterocycles. The molecule has 0 aliphatic rings. The fourth-order valence-corrected chi connectivity index (χ4v) is 1.05. The topological polar surface area (TPSA) is 92.9 Å². The first-order valence-corrected chi connectivity index (χ1v) is 4.99. The largest absolute Gasteiger partial charge is 0.396 e. The van der Waals surface area contributed by atoms with Crippen LogP contribution < -0.4 is 16.4 Å². The summed E-state index contributed by atoms with van der Waals surface area (Å²) in [7, 11) is 0. The molecule has 0 saturated heterocycles. The van der Waals surface area contributed by atoms with Gasteiger partial charge in [-0.15, -0.1) is 0 Å². The standard InChI is InChI=1S/C10H17N5O/c1-10(2,3)15-8(16)6-14-9-12-4-7(11)5-13-9/h4-5H,6,11H2,1-3H3,(H,15,16)(H,12,13,14). The Bertz CT molecular complexity index is 354. The molecule has 88 valence electrons. The monoisotopic (exact) mass is 223 g/mol. The Morgan fingerprint density at radius 2 is 1.94 bits per heavy atom. The van der Waals surface area contributed by atoms with Crippen LogP contribution in [-0.4, -0.2) is 28.0 Å². The highest BCUT2D eigenvalue weighted by molar-refractivity contribution is 5.80. The second-order valence-electron chi connectivity index (χ2n) is 4.49. The molecule has 6 nitrogen and oxygen atoms in total. The van der Waals surface area contributed by atoms with Crippen molar-refractivity contribution in [3.8, 4) is 0 Å². The van der Waals surface area contributed by atoms with Crippen LogP contribution in [0.5, 0.6) is 0 Å². The van der Waals surface area contributed by atoms with E-state index in [-0.39, 0.29) is 18.0 Å². The minimum absolute atomic E-state index is 0.104. The highest BCUT2D eigenvalue weighted by Gasteiger charge is 2.13. The first-order chi connectivity index (χ1) is 7.37. The summed E-state index contributed by atoms with van der Waals surface area (Å²) >= 11 is 0. The van der Waals surface area contributed by atoms with E-state index in [4.69, 9.17) is 5.73 Å². The molecule has 0 atom stereocenters. The van der Waals surface area contributed by atoms with E-state index in [2.05, 4.69) is 20.6 Å². The zero-order valence-corrected chi connectivity index (χ0v) is 9.74. The van der Waals surface area contributed by atoms with Gasteiger partial charge >= 0.3 is 0 Å². The van der Waals surface area contributed by atoms with Crippen molar-refractivity contribution in [1.29, 1.82) is 0 Å². The average molecular weight is 223 g/mol. The zero-order chi connectivity index (χ0) is 12.2. The average Bonchev–Trinajstić information content (AvgIpc) is 2.14. The number of carbonyl (C=O) groups excluding carboxylic acids is 1. The maximum atomic E-state index is 11.4. The lowest BCUT2D eigenvalue weighted by Gasteiger charge is -2.20. The Morgan fingerprint density at radius 1 is 1.38 bits per heavy atom. The highest BCUT2D eigenvalue weighted by Crippen LogP contribution is 2.01. The van der Waals surface area contributed by atoms with Gasteiger partial charge in [0.15, 0.2) is 0 Å². The Hall–Kier alpha value is -1.85. The Balaban J connectivity index is 2.40.